The lowest BCUT2D eigenvalue weighted by Gasteiger charge is -2.00. The molecule has 7 nitrogen and oxygen atoms in total. The summed E-state index contributed by atoms with van der Waals surface area (Å²) in [4.78, 5) is 36.8. The number of aromatic nitrogens is 1. The van der Waals surface area contributed by atoms with Crippen molar-refractivity contribution in [3.63, 3.8) is 0 Å². The van der Waals surface area contributed by atoms with Gasteiger partial charge in [-0.3, -0.25) is 4.79 Å². The summed E-state index contributed by atoms with van der Waals surface area (Å²) in [5.41, 5.74) is -0.0460. The number of nitrogens with zero attached hydrogens (tertiary/aromatic N) is 2. The topological polar surface area (TPSA) is 117 Å². The van der Waals surface area contributed by atoms with Gasteiger partial charge in [0.25, 0.3) is 5.78 Å². The second-order valence-electron chi connectivity index (χ2n) is 3.02. The van der Waals surface area contributed by atoms with Gasteiger partial charge in [0.1, 0.15) is 5.01 Å². The van der Waals surface area contributed by atoms with Crippen LogP contribution in [0.2, 0.25) is 0 Å². The van der Waals surface area contributed by atoms with Crippen LogP contribution < -0.4 is 0 Å². The third kappa shape index (κ3) is 2.89. The van der Waals surface area contributed by atoms with Crippen molar-refractivity contribution in [3.05, 3.63) is 16.1 Å². The Hall–Kier alpha value is -2.27. The van der Waals surface area contributed by atoms with Crippen LogP contribution >= 0.6 is 11.3 Å². The fourth-order valence-corrected chi connectivity index (χ4v) is 1.90. The average Bonchev–Trinajstić information content (AvgIpc) is 2.79. The van der Waals surface area contributed by atoms with Crippen LogP contribution in [0.4, 0.5) is 0 Å². The maximum atomic E-state index is 11.3. The number of ketones is 1. The van der Waals surface area contributed by atoms with Gasteiger partial charge in [0.2, 0.25) is 0 Å². The van der Waals surface area contributed by atoms with Crippen molar-refractivity contribution >= 4 is 29.1 Å². The molecule has 1 aromatic rings. The highest BCUT2D eigenvalue weighted by molar-refractivity contribution is 7.10. The molecule has 0 amide bonds. The van der Waals surface area contributed by atoms with Crippen LogP contribution in [0.1, 0.15) is 28.3 Å². The molecule has 0 fully saturated rings. The number of carbonyl (C=O) groups is 3. The normalized spacial score (nSPS) is 11.3. The molecule has 0 spiro atoms. The second-order valence-corrected chi connectivity index (χ2v) is 3.91. The average molecular weight is 268 g/mol. The molecule has 1 atom stereocenters. The minimum atomic E-state index is -1.71. The van der Waals surface area contributed by atoms with Gasteiger partial charge in [-0.25, -0.2) is 14.6 Å². The number of Topliss-reactive ketones (excluding diaryl/α,β-unsaturated/α-hetero) is 1. The van der Waals surface area contributed by atoms with E-state index >= 15 is 0 Å². The predicted octanol–water partition coefficient (Wildman–Crippen LogP) is 0.581. The Morgan fingerprint density at radius 3 is 2.78 bits per heavy atom. The van der Waals surface area contributed by atoms with E-state index in [1.165, 1.54) is 5.38 Å². The fraction of sp³-hybridized carbons (Fsp3) is 0.300. The van der Waals surface area contributed by atoms with Crippen LogP contribution in [-0.4, -0.2) is 34.4 Å². The smallest absolute Gasteiger partial charge is 0.374 e. The molecule has 0 aromatic carbocycles. The van der Waals surface area contributed by atoms with Gasteiger partial charge in [-0.1, -0.05) is 0 Å². The Morgan fingerprint density at radius 1 is 1.61 bits per heavy atom. The summed E-state index contributed by atoms with van der Waals surface area (Å²) in [6.07, 6.45) is 0. The van der Waals surface area contributed by atoms with Gasteiger partial charge < -0.3 is 9.84 Å². The molecule has 0 unspecified atom stereocenters. The lowest BCUT2D eigenvalue weighted by molar-refractivity contribution is -0.149. The lowest BCUT2D eigenvalue weighted by atomic mass is 10.1. The molecule has 0 saturated heterocycles. The highest BCUT2D eigenvalue weighted by Crippen LogP contribution is 2.21. The van der Waals surface area contributed by atoms with Crippen molar-refractivity contribution in [2.24, 2.45) is 0 Å². The van der Waals surface area contributed by atoms with Crippen molar-refractivity contribution < 1.29 is 24.2 Å². The van der Waals surface area contributed by atoms with Crippen LogP contribution in [0.5, 0.6) is 0 Å². The minimum Gasteiger partial charge on any atom is -0.475 e. The molecule has 0 radical (unpaired) electrons. The first kappa shape index (κ1) is 13.8. The van der Waals surface area contributed by atoms with E-state index in [0.29, 0.717) is 0 Å². The van der Waals surface area contributed by atoms with E-state index in [0.717, 1.165) is 11.3 Å². The number of esters is 1. The maximum Gasteiger partial charge on any atom is 0.374 e. The Morgan fingerprint density at radius 2 is 2.28 bits per heavy atom. The molecular weight excluding hydrogens is 260 g/mol. The molecule has 0 bridgehead atoms. The van der Waals surface area contributed by atoms with Crippen molar-refractivity contribution in [2.45, 2.75) is 12.8 Å². The Kier molecular flexibility index (Phi) is 4.51. The van der Waals surface area contributed by atoms with Gasteiger partial charge in [0.15, 0.2) is 11.6 Å². The van der Waals surface area contributed by atoms with Crippen LogP contribution in [0.25, 0.3) is 0 Å². The van der Waals surface area contributed by atoms with Gasteiger partial charge in [0.05, 0.1) is 12.7 Å². The molecule has 8 heteroatoms. The van der Waals surface area contributed by atoms with Crippen LogP contribution in [-0.2, 0) is 14.3 Å². The van der Waals surface area contributed by atoms with E-state index in [2.05, 4.69) is 9.72 Å². The van der Waals surface area contributed by atoms with Gasteiger partial charge in [-0.15, -0.1) is 11.3 Å². The largest absolute Gasteiger partial charge is 0.475 e. The molecule has 0 aliphatic carbocycles. The van der Waals surface area contributed by atoms with Crippen molar-refractivity contribution in [1.29, 1.82) is 5.26 Å². The summed E-state index contributed by atoms with van der Waals surface area (Å²) in [5, 5.41) is 18.6. The first-order valence-electron chi connectivity index (χ1n) is 4.80. The Labute approximate surface area is 106 Å². The number of carboxylic acids is 1. The zero-order chi connectivity index (χ0) is 13.7. The number of aliphatic carboxylic acids is 1. The molecule has 0 saturated carbocycles. The van der Waals surface area contributed by atoms with Gasteiger partial charge >= 0.3 is 11.9 Å². The molecule has 0 aliphatic rings. The highest BCUT2D eigenvalue weighted by atomic mass is 32.1. The number of rotatable bonds is 5. The molecule has 0 aliphatic heterocycles. The number of carbonyl (C=O) groups excluding carboxylic acids is 2. The molecule has 94 valence electrons. The van der Waals surface area contributed by atoms with E-state index in [1.54, 1.807) is 13.0 Å². The standard InChI is InChI=1S/C10H8N2O5S/c1-2-17-10(16)6-4-18-8(12-6)5(3-11)7(13)9(14)15/h4-5H,2H2,1H3,(H,14,15)/t5-/m0/s1. The second kappa shape index (κ2) is 5.88. The van der Waals surface area contributed by atoms with Crippen LogP contribution in [0.15, 0.2) is 5.38 Å². The van der Waals surface area contributed by atoms with Gasteiger partial charge in [-0.05, 0) is 6.92 Å². The number of hydrogen-bond acceptors (Lipinski definition) is 7. The van der Waals surface area contributed by atoms with E-state index in [1.807, 2.05) is 0 Å². The fourth-order valence-electron chi connectivity index (χ4n) is 1.07. The van der Waals surface area contributed by atoms with E-state index in [4.69, 9.17) is 10.4 Å². The molecule has 1 heterocycles. The summed E-state index contributed by atoms with van der Waals surface area (Å²) in [5.74, 6) is -5.17. The SMILES string of the molecule is CCOC(=O)c1csc([C@@H](C#N)C(=O)C(=O)O)n1. The van der Waals surface area contributed by atoms with Crippen molar-refractivity contribution in [1.82, 2.24) is 4.98 Å². The van der Waals surface area contributed by atoms with Crippen LogP contribution in [0.3, 0.4) is 0 Å². The third-order valence-electron chi connectivity index (χ3n) is 1.86. The summed E-state index contributed by atoms with van der Waals surface area (Å²) in [6.45, 7) is 1.79. The lowest BCUT2D eigenvalue weighted by Crippen LogP contribution is -2.20. The number of thiazole rings is 1. The zero-order valence-electron chi connectivity index (χ0n) is 9.24. The van der Waals surface area contributed by atoms with Gasteiger partial charge in [-0.2, -0.15) is 5.26 Å². The highest BCUT2D eigenvalue weighted by Gasteiger charge is 2.29. The summed E-state index contributed by atoms with van der Waals surface area (Å²) < 4.78 is 4.68. The number of hydrogen-bond donors (Lipinski definition) is 1. The molecule has 1 aromatic heterocycles. The van der Waals surface area contributed by atoms with E-state index in [9.17, 15) is 14.4 Å². The van der Waals surface area contributed by atoms with E-state index in [-0.39, 0.29) is 17.3 Å². The first-order chi connectivity index (χ1) is 8.51. The van der Waals surface area contributed by atoms with Crippen molar-refractivity contribution in [3.8, 4) is 6.07 Å². The Bertz CT molecular complexity index is 531. The monoisotopic (exact) mass is 268 g/mol. The van der Waals surface area contributed by atoms with Gasteiger partial charge in [0, 0.05) is 5.38 Å². The number of carboxylic acid groups (broad SMARTS) is 1. The van der Waals surface area contributed by atoms with Crippen LogP contribution in [0, 0.1) is 11.3 Å². The quantitative estimate of drug-likeness (QED) is 0.613. The summed E-state index contributed by atoms with van der Waals surface area (Å²) in [6, 6.07) is 1.55. The summed E-state index contributed by atoms with van der Waals surface area (Å²) in [7, 11) is 0. The summed E-state index contributed by atoms with van der Waals surface area (Å²) >= 11 is 0.864. The van der Waals surface area contributed by atoms with Crippen molar-refractivity contribution in [2.75, 3.05) is 6.61 Å². The minimum absolute atomic E-state index is 0.0343. The maximum absolute atomic E-state index is 11.3. The first-order valence-corrected chi connectivity index (χ1v) is 5.68. The zero-order valence-corrected chi connectivity index (χ0v) is 10.1. The molecule has 1 N–H and O–H groups in total. The predicted molar refractivity (Wildman–Crippen MR) is 59.1 cm³/mol. The molecule has 18 heavy (non-hydrogen) atoms. The molecular formula is C10H8N2O5S. The molecule has 1 rings (SSSR count). The van der Waals surface area contributed by atoms with E-state index < -0.39 is 23.6 Å². The number of ether oxygens (including phenoxy) is 1. The third-order valence-corrected chi connectivity index (χ3v) is 2.77. The Balaban J connectivity index is 2.97. The number of nitriles is 1.